The van der Waals surface area contributed by atoms with Gasteiger partial charge in [-0.1, -0.05) is 17.7 Å². The largest absolute Gasteiger partial charge is 0.327 e. The van der Waals surface area contributed by atoms with Crippen molar-refractivity contribution in [2.24, 2.45) is 5.73 Å². The number of benzene rings is 1. The summed E-state index contributed by atoms with van der Waals surface area (Å²) >= 11 is 6.01. The van der Waals surface area contributed by atoms with Gasteiger partial charge in [0, 0.05) is 23.5 Å². The first-order chi connectivity index (χ1) is 9.47. The first-order valence-electron chi connectivity index (χ1n) is 6.55. The van der Waals surface area contributed by atoms with E-state index in [1.54, 1.807) is 6.07 Å². The van der Waals surface area contributed by atoms with Gasteiger partial charge in [0.2, 0.25) is 0 Å². The molecule has 0 aliphatic rings. The van der Waals surface area contributed by atoms with Crippen molar-refractivity contribution in [3.8, 4) is 0 Å². The zero-order valence-electron chi connectivity index (χ0n) is 11.6. The van der Waals surface area contributed by atoms with Gasteiger partial charge in [-0.15, -0.1) is 0 Å². The molecule has 1 heterocycles. The fraction of sp³-hybridized carbons (Fsp3) is 0.429. The number of hydrogen-bond donors (Lipinski definition) is 1. The van der Waals surface area contributed by atoms with Gasteiger partial charge < -0.3 is 5.73 Å². The highest BCUT2D eigenvalue weighted by atomic mass is 35.5. The van der Waals surface area contributed by atoms with Crippen LogP contribution in [0, 0.1) is 5.82 Å². The molecule has 1 aromatic carbocycles. The van der Waals surface area contributed by atoms with Crippen molar-refractivity contribution in [3.05, 3.63) is 46.8 Å². The SMILES string of the molecule is CC(C)n1ncnc1CC(N)Cc1ccc(F)cc1Cl. The Morgan fingerprint density at radius 1 is 1.35 bits per heavy atom. The minimum absolute atomic E-state index is 0.139. The molecule has 1 unspecified atom stereocenters. The van der Waals surface area contributed by atoms with E-state index < -0.39 is 0 Å². The summed E-state index contributed by atoms with van der Waals surface area (Å²) in [4.78, 5) is 4.23. The van der Waals surface area contributed by atoms with Gasteiger partial charge in [-0.05, 0) is 38.0 Å². The summed E-state index contributed by atoms with van der Waals surface area (Å²) in [5.74, 6) is 0.512. The van der Waals surface area contributed by atoms with E-state index in [0.29, 0.717) is 17.9 Å². The predicted octanol–water partition coefficient (Wildman–Crippen LogP) is 2.76. The van der Waals surface area contributed by atoms with Crippen LogP contribution in [0.1, 0.15) is 31.3 Å². The average Bonchev–Trinajstić information content (AvgIpc) is 2.81. The van der Waals surface area contributed by atoms with Crippen molar-refractivity contribution < 1.29 is 4.39 Å². The van der Waals surface area contributed by atoms with Crippen molar-refractivity contribution in [1.29, 1.82) is 0 Å². The molecule has 0 spiro atoms. The second kappa shape index (κ2) is 6.33. The Morgan fingerprint density at radius 2 is 2.10 bits per heavy atom. The quantitative estimate of drug-likeness (QED) is 0.923. The van der Waals surface area contributed by atoms with E-state index in [9.17, 15) is 4.39 Å². The van der Waals surface area contributed by atoms with Crippen molar-refractivity contribution >= 4 is 11.6 Å². The lowest BCUT2D eigenvalue weighted by molar-refractivity contribution is 0.489. The summed E-state index contributed by atoms with van der Waals surface area (Å²) in [6, 6.07) is 4.48. The molecule has 0 bridgehead atoms. The van der Waals surface area contributed by atoms with Crippen LogP contribution in [0.2, 0.25) is 5.02 Å². The van der Waals surface area contributed by atoms with E-state index >= 15 is 0 Å². The fourth-order valence-corrected chi connectivity index (χ4v) is 2.37. The molecule has 20 heavy (non-hydrogen) atoms. The molecule has 0 radical (unpaired) electrons. The Hall–Kier alpha value is -1.46. The maximum Gasteiger partial charge on any atom is 0.138 e. The summed E-state index contributed by atoms with van der Waals surface area (Å²) in [6.07, 6.45) is 2.71. The first kappa shape index (κ1) is 14.9. The van der Waals surface area contributed by atoms with Crippen LogP contribution in [0.5, 0.6) is 0 Å². The van der Waals surface area contributed by atoms with Gasteiger partial charge in [-0.25, -0.2) is 14.1 Å². The second-order valence-corrected chi connectivity index (χ2v) is 5.53. The minimum Gasteiger partial charge on any atom is -0.327 e. The van der Waals surface area contributed by atoms with Gasteiger partial charge >= 0.3 is 0 Å². The number of halogens is 2. The predicted molar refractivity (Wildman–Crippen MR) is 77.2 cm³/mol. The van der Waals surface area contributed by atoms with E-state index in [2.05, 4.69) is 10.1 Å². The van der Waals surface area contributed by atoms with Gasteiger partial charge in [0.1, 0.15) is 18.0 Å². The monoisotopic (exact) mass is 296 g/mol. The second-order valence-electron chi connectivity index (χ2n) is 5.12. The zero-order valence-corrected chi connectivity index (χ0v) is 12.3. The van der Waals surface area contributed by atoms with Crippen LogP contribution in [-0.2, 0) is 12.8 Å². The number of nitrogens with zero attached hydrogens (tertiary/aromatic N) is 3. The maximum absolute atomic E-state index is 13.0. The highest BCUT2D eigenvalue weighted by Crippen LogP contribution is 2.19. The van der Waals surface area contributed by atoms with Gasteiger partial charge in [-0.2, -0.15) is 5.10 Å². The van der Waals surface area contributed by atoms with Gasteiger partial charge in [0.15, 0.2) is 0 Å². The van der Waals surface area contributed by atoms with E-state index in [4.69, 9.17) is 17.3 Å². The molecule has 0 saturated heterocycles. The van der Waals surface area contributed by atoms with E-state index in [1.807, 2.05) is 18.5 Å². The van der Waals surface area contributed by atoms with Crippen LogP contribution < -0.4 is 5.73 Å². The lowest BCUT2D eigenvalue weighted by Gasteiger charge is -2.14. The Balaban J connectivity index is 2.05. The molecule has 1 atom stereocenters. The Kier molecular flexibility index (Phi) is 4.73. The molecule has 108 valence electrons. The van der Waals surface area contributed by atoms with E-state index in [0.717, 1.165) is 11.4 Å². The van der Waals surface area contributed by atoms with Crippen LogP contribution >= 0.6 is 11.6 Å². The highest BCUT2D eigenvalue weighted by Gasteiger charge is 2.14. The summed E-state index contributed by atoms with van der Waals surface area (Å²) in [5.41, 5.74) is 6.98. The molecule has 0 saturated carbocycles. The summed E-state index contributed by atoms with van der Waals surface area (Å²) in [5, 5.41) is 4.59. The normalized spacial score (nSPS) is 12.9. The fourth-order valence-electron chi connectivity index (χ4n) is 2.13. The topological polar surface area (TPSA) is 56.7 Å². The Bertz CT molecular complexity index is 582. The lowest BCUT2D eigenvalue weighted by atomic mass is 10.0. The number of nitrogens with two attached hydrogens (primary N) is 1. The molecule has 2 N–H and O–H groups in total. The smallest absolute Gasteiger partial charge is 0.138 e. The lowest BCUT2D eigenvalue weighted by Crippen LogP contribution is -2.27. The standard InChI is InChI=1S/C14H18ClFN4/c1-9(2)20-14(18-8-19-20)7-12(17)5-10-3-4-11(16)6-13(10)15/h3-4,6,8-9,12H,5,7,17H2,1-2H3. The molecular formula is C14H18ClFN4. The summed E-state index contributed by atoms with van der Waals surface area (Å²) < 4.78 is 14.8. The van der Waals surface area contributed by atoms with Crippen LogP contribution in [-0.4, -0.2) is 20.8 Å². The first-order valence-corrected chi connectivity index (χ1v) is 6.93. The van der Waals surface area contributed by atoms with E-state index in [-0.39, 0.29) is 17.9 Å². The molecule has 1 aromatic heterocycles. The van der Waals surface area contributed by atoms with Crippen molar-refractivity contribution in [1.82, 2.24) is 14.8 Å². The van der Waals surface area contributed by atoms with E-state index in [1.165, 1.54) is 18.5 Å². The van der Waals surface area contributed by atoms with Crippen molar-refractivity contribution in [3.63, 3.8) is 0 Å². The maximum atomic E-state index is 13.0. The molecule has 2 aromatic rings. The molecule has 4 nitrogen and oxygen atoms in total. The third kappa shape index (κ3) is 3.55. The molecule has 0 fully saturated rings. The molecular weight excluding hydrogens is 279 g/mol. The van der Waals surface area contributed by atoms with Crippen LogP contribution in [0.3, 0.4) is 0 Å². The van der Waals surface area contributed by atoms with Gasteiger partial charge in [0.25, 0.3) is 0 Å². The highest BCUT2D eigenvalue weighted by molar-refractivity contribution is 6.31. The summed E-state index contributed by atoms with van der Waals surface area (Å²) in [6.45, 7) is 4.08. The summed E-state index contributed by atoms with van der Waals surface area (Å²) in [7, 11) is 0. The van der Waals surface area contributed by atoms with Crippen LogP contribution in [0.4, 0.5) is 4.39 Å². The van der Waals surface area contributed by atoms with Crippen molar-refractivity contribution in [2.75, 3.05) is 0 Å². The van der Waals surface area contributed by atoms with Gasteiger partial charge in [0.05, 0.1) is 0 Å². The third-order valence-corrected chi connectivity index (χ3v) is 3.43. The Morgan fingerprint density at radius 3 is 2.75 bits per heavy atom. The zero-order chi connectivity index (χ0) is 14.7. The number of aromatic nitrogens is 3. The van der Waals surface area contributed by atoms with Crippen LogP contribution in [0.25, 0.3) is 0 Å². The third-order valence-electron chi connectivity index (χ3n) is 3.08. The average molecular weight is 297 g/mol. The molecule has 6 heteroatoms. The molecule has 0 aliphatic carbocycles. The number of hydrogen-bond acceptors (Lipinski definition) is 3. The molecule has 0 aliphatic heterocycles. The number of rotatable bonds is 5. The Labute approximate surface area is 122 Å². The van der Waals surface area contributed by atoms with Gasteiger partial charge in [-0.3, -0.25) is 0 Å². The molecule has 2 rings (SSSR count). The minimum atomic E-state index is -0.341. The molecule has 0 amide bonds. The van der Waals surface area contributed by atoms with Crippen molar-refractivity contribution in [2.45, 2.75) is 38.8 Å². The van der Waals surface area contributed by atoms with Crippen LogP contribution in [0.15, 0.2) is 24.5 Å².